The lowest BCUT2D eigenvalue weighted by molar-refractivity contribution is 0.310. The Hall–Kier alpha value is -0.0800. The van der Waals surface area contributed by atoms with Crippen molar-refractivity contribution in [2.24, 2.45) is 11.8 Å². The maximum atomic E-state index is 3.61. The van der Waals surface area contributed by atoms with Crippen LogP contribution >= 0.6 is 0 Å². The van der Waals surface area contributed by atoms with Gasteiger partial charge in [-0.15, -0.1) is 0 Å². The Bertz CT molecular complexity index is 192. The molecule has 1 aliphatic heterocycles. The van der Waals surface area contributed by atoms with E-state index in [2.05, 4.69) is 31.4 Å². The van der Waals surface area contributed by atoms with Crippen LogP contribution in [0.3, 0.4) is 0 Å². The van der Waals surface area contributed by atoms with Gasteiger partial charge in [0.15, 0.2) is 0 Å². The third-order valence-electron chi connectivity index (χ3n) is 4.03. The maximum Gasteiger partial charge on any atom is 0.0195 e. The molecule has 108 valence electrons. The number of nitrogens with one attached hydrogen (secondary N) is 2. The first-order valence-corrected chi connectivity index (χ1v) is 8.12. The van der Waals surface area contributed by atoms with Gasteiger partial charge in [-0.05, 0) is 44.2 Å². The van der Waals surface area contributed by atoms with Crippen molar-refractivity contribution in [1.82, 2.24) is 10.6 Å². The van der Waals surface area contributed by atoms with E-state index in [1.54, 1.807) is 0 Å². The first-order chi connectivity index (χ1) is 8.68. The van der Waals surface area contributed by atoms with E-state index in [0.717, 1.165) is 24.4 Å². The maximum absolute atomic E-state index is 3.61. The molecule has 18 heavy (non-hydrogen) atoms. The van der Waals surface area contributed by atoms with Crippen molar-refractivity contribution < 1.29 is 0 Å². The van der Waals surface area contributed by atoms with Crippen LogP contribution in [0.15, 0.2) is 0 Å². The van der Waals surface area contributed by atoms with E-state index in [0.29, 0.717) is 0 Å². The highest BCUT2D eigenvalue weighted by Gasteiger charge is 2.17. The number of hydrogen-bond acceptors (Lipinski definition) is 2. The summed E-state index contributed by atoms with van der Waals surface area (Å²) in [7, 11) is 0. The third kappa shape index (κ3) is 8.10. The lowest BCUT2D eigenvalue weighted by atomic mass is 9.94. The molecule has 1 fully saturated rings. The van der Waals surface area contributed by atoms with Crippen LogP contribution in [0.25, 0.3) is 0 Å². The Balaban J connectivity index is 1.83. The van der Waals surface area contributed by atoms with Gasteiger partial charge in [-0.25, -0.2) is 0 Å². The van der Waals surface area contributed by atoms with E-state index in [4.69, 9.17) is 0 Å². The van der Waals surface area contributed by atoms with Gasteiger partial charge in [0.05, 0.1) is 0 Å². The number of hydrogen-bond donors (Lipinski definition) is 2. The van der Waals surface area contributed by atoms with Crippen molar-refractivity contribution >= 4 is 0 Å². The van der Waals surface area contributed by atoms with Gasteiger partial charge in [0, 0.05) is 12.6 Å². The summed E-state index contributed by atoms with van der Waals surface area (Å²) in [6, 6.07) is 0.717. The minimum absolute atomic E-state index is 0.717. The van der Waals surface area contributed by atoms with Crippen LogP contribution in [0.5, 0.6) is 0 Å². The molecule has 0 aromatic rings. The highest BCUT2D eigenvalue weighted by atomic mass is 15.0. The van der Waals surface area contributed by atoms with Gasteiger partial charge in [0.25, 0.3) is 0 Å². The zero-order valence-electron chi connectivity index (χ0n) is 12.8. The van der Waals surface area contributed by atoms with E-state index in [-0.39, 0.29) is 0 Å². The molecule has 0 aliphatic carbocycles. The Morgan fingerprint density at radius 3 is 2.67 bits per heavy atom. The van der Waals surface area contributed by atoms with Gasteiger partial charge in [-0.1, -0.05) is 46.5 Å². The molecule has 0 aromatic heterocycles. The van der Waals surface area contributed by atoms with Crippen molar-refractivity contribution in [3.8, 4) is 0 Å². The molecule has 0 bridgehead atoms. The van der Waals surface area contributed by atoms with Crippen LogP contribution in [-0.2, 0) is 0 Å². The summed E-state index contributed by atoms with van der Waals surface area (Å²) in [5, 5.41) is 7.22. The molecule has 0 radical (unpaired) electrons. The fourth-order valence-electron chi connectivity index (χ4n) is 2.81. The van der Waals surface area contributed by atoms with Crippen LogP contribution < -0.4 is 10.6 Å². The molecule has 0 aromatic carbocycles. The minimum atomic E-state index is 0.717. The Kier molecular flexibility index (Phi) is 8.70. The first-order valence-electron chi connectivity index (χ1n) is 8.12. The summed E-state index contributed by atoms with van der Waals surface area (Å²) in [6.45, 7) is 10.6. The van der Waals surface area contributed by atoms with E-state index >= 15 is 0 Å². The summed E-state index contributed by atoms with van der Waals surface area (Å²) in [6.07, 6.45) is 9.68. The van der Waals surface area contributed by atoms with Crippen molar-refractivity contribution in [1.29, 1.82) is 0 Å². The second-order valence-corrected chi connectivity index (χ2v) is 6.58. The standard InChI is InChI=1S/C16H34N2/c1-14(2)8-6-4-5-7-10-17-13-16-12-15(3)9-11-18-16/h14-18H,4-13H2,1-3H3. The van der Waals surface area contributed by atoms with E-state index in [9.17, 15) is 0 Å². The predicted octanol–water partition coefficient (Wildman–Crippen LogP) is 3.57. The van der Waals surface area contributed by atoms with Gasteiger partial charge >= 0.3 is 0 Å². The molecule has 2 N–H and O–H groups in total. The first kappa shape index (κ1) is 16.0. The molecule has 2 atom stereocenters. The fraction of sp³-hybridized carbons (Fsp3) is 1.00. The average molecular weight is 254 g/mol. The largest absolute Gasteiger partial charge is 0.315 e. The summed E-state index contributed by atoms with van der Waals surface area (Å²) in [5.41, 5.74) is 0. The molecule has 0 spiro atoms. The number of rotatable bonds is 9. The van der Waals surface area contributed by atoms with Gasteiger partial charge in [0.1, 0.15) is 0 Å². The van der Waals surface area contributed by atoms with Crippen LogP contribution in [0.2, 0.25) is 0 Å². The third-order valence-corrected chi connectivity index (χ3v) is 4.03. The van der Waals surface area contributed by atoms with Crippen LogP contribution in [0, 0.1) is 11.8 Å². The Labute approximate surface area is 114 Å². The van der Waals surface area contributed by atoms with Crippen molar-refractivity contribution in [3.05, 3.63) is 0 Å². The minimum Gasteiger partial charge on any atom is -0.315 e. The van der Waals surface area contributed by atoms with E-state index in [1.165, 1.54) is 58.0 Å². The number of piperidine rings is 1. The fourth-order valence-corrected chi connectivity index (χ4v) is 2.81. The smallest absolute Gasteiger partial charge is 0.0195 e. The molecule has 0 saturated carbocycles. The average Bonchev–Trinajstić information content (AvgIpc) is 2.32. The Morgan fingerprint density at radius 1 is 1.17 bits per heavy atom. The molecule has 1 aliphatic rings. The molecule has 1 rings (SSSR count). The summed E-state index contributed by atoms with van der Waals surface area (Å²) in [5.74, 6) is 1.79. The van der Waals surface area contributed by atoms with Gasteiger partial charge < -0.3 is 10.6 Å². The molecule has 2 nitrogen and oxygen atoms in total. The molecule has 2 unspecified atom stereocenters. The van der Waals surface area contributed by atoms with Crippen LogP contribution in [-0.4, -0.2) is 25.7 Å². The second kappa shape index (κ2) is 9.80. The van der Waals surface area contributed by atoms with Gasteiger partial charge in [-0.2, -0.15) is 0 Å². The van der Waals surface area contributed by atoms with Crippen molar-refractivity contribution in [2.75, 3.05) is 19.6 Å². The zero-order valence-corrected chi connectivity index (χ0v) is 12.8. The van der Waals surface area contributed by atoms with Gasteiger partial charge in [-0.3, -0.25) is 0 Å². The lowest BCUT2D eigenvalue weighted by Crippen LogP contribution is -2.44. The molecule has 0 amide bonds. The molecular formula is C16H34N2. The Morgan fingerprint density at radius 2 is 1.94 bits per heavy atom. The van der Waals surface area contributed by atoms with Crippen LogP contribution in [0.4, 0.5) is 0 Å². The van der Waals surface area contributed by atoms with Gasteiger partial charge in [0.2, 0.25) is 0 Å². The van der Waals surface area contributed by atoms with E-state index in [1.807, 2.05) is 0 Å². The highest BCUT2D eigenvalue weighted by molar-refractivity contribution is 4.77. The second-order valence-electron chi connectivity index (χ2n) is 6.58. The molecular weight excluding hydrogens is 220 g/mol. The molecule has 2 heteroatoms. The van der Waals surface area contributed by atoms with Crippen LogP contribution in [0.1, 0.15) is 65.7 Å². The summed E-state index contributed by atoms with van der Waals surface area (Å²) in [4.78, 5) is 0. The van der Waals surface area contributed by atoms with Crippen molar-refractivity contribution in [3.63, 3.8) is 0 Å². The molecule has 1 saturated heterocycles. The number of unbranched alkanes of at least 4 members (excludes halogenated alkanes) is 3. The summed E-state index contributed by atoms with van der Waals surface area (Å²) >= 11 is 0. The highest BCUT2D eigenvalue weighted by Crippen LogP contribution is 2.14. The topological polar surface area (TPSA) is 24.1 Å². The monoisotopic (exact) mass is 254 g/mol. The predicted molar refractivity (Wildman–Crippen MR) is 81.0 cm³/mol. The van der Waals surface area contributed by atoms with E-state index < -0.39 is 0 Å². The molecule has 1 heterocycles. The SMILES string of the molecule is CC(C)CCCCCCNCC1CC(C)CCN1. The quantitative estimate of drug-likeness (QED) is 0.615. The summed E-state index contributed by atoms with van der Waals surface area (Å²) < 4.78 is 0. The lowest BCUT2D eigenvalue weighted by Gasteiger charge is -2.28. The van der Waals surface area contributed by atoms with Crippen molar-refractivity contribution in [2.45, 2.75) is 71.8 Å². The normalized spacial score (nSPS) is 24.7. The zero-order chi connectivity index (χ0) is 13.2.